The number of nitrogens with zero attached hydrogens (tertiary/aromatic N) is 2. The number of nitrogens with two attached hydrogens (primary N) is 1. The van der Waals surface area contributed by atoms with Crippen molar-refractivity contribution in [2.24, 2.45) is 5.73 Å². The largest absolute Gasteiger partial charge is 0.383 e. The summed E-state index contributed by atoms with van der Waals surface area (Å²) in [5.74, 6) is 0.820. The van der Waals surface area contributed by atoms with Crippen molar-refractivity contribution in [3.05, 3.63) is 11.7 Å². The highest BCUT2D eigenvalue weighted by molar-refractivity contribution is 5.03. The first-order chi connectivity index (χ1) is 9.72. The van der Waals surface area contributed by atoms with Crippen LogP contribution in [0.3, 0.4) is 0 Å². The van der Waals surface area contributed by atoms with E-state index in [2.05, 4.69) is 10.1 Å². The summed E-state index contributed by atoms with van der Waals surface area (Å²) >= 11 is 0. The predicted molar refractivity (Wildman–Crippen MR) is 73.9 cm³/mol. The van der Waals surface area contributed by atoms with Gasteiger partial charge in [-0.3, -0.25) is 0 Å². The molecule has 1 heterocycles. The maximum atomic E-state index is 9.88. The van der Waals surface area contributed by atoms with E-state index in [9.17, 15) is 5.11 Å². The molecule has 0 saturated heterocycles. The Hall–Kier alpha value is -0.980. The van der Waals surface area contributed by atoms with Gasteiger partial charge in [-0.05, 0) is 32.7 Å². The molecule has 1 aliphatic carbocycles. The Bertz CT molecular complexity index is 400. The van der Waals surface area contributed by atoms with E-state index in [1.807, 2.05) is 6.92 Å². The third-order valence-electron chi connectivity index (χ3n) is 3.91. The first-order valence-electron chi connectivity index (χ1n) is 7.58. The predicted octanol–water partition coefficient (Wildman–Crippen LogP) is 2.04. The molecule has 1 fully saturated rings. The van der Waals surface area contributed by atoms with Crippen LogP contribution in [-0.2, 0) is 10.3 Å². The van der Waals surface area contributed by atoms with Gasteiger partial charge < -0.3 is 20.1 Å². The third-order valence-corrected chi connectivity index (χ3v) is 3.91. The van der Waals surface area contributed by atoms with Crippen molar-refractivity contribution in [3.63, 3.8) is 0 Å². The summed E-state index contributed by atoms with van der Waals surface area (Å²) in [5.41, 5.74) is 4.99. The molecule has 3 N–H and O–H groups in total. The van der Waals surface area contributed by atoms with Crippen LogP contribution in [0, 0.1) is 0 Å². The molecule has 1 aromatic heterocycles. The van der Waals surface area contributed by atoms with Crippen LogP contribution in [-0.4, -0.2) is 28.4 Å². The highest BCUT2D eigenvalue weighted by atomic mass is 16.5. The maximum absolute atomic E-state index is 9.88. The zero-order valence-electron chi connectivity index (χ0n) is 12.2. The number of ether oxygens (including phenoxy) is 1. The Balaban J connectivity index is 2.20. The number of rotatable bonds is 6. The number of hydrogen-bond acceptors (Lipinski definition) is 6. The Morgan fingerprint density at radius 1 is 1.35 bits per heavy atom. The first kappa shape index (κ1) is 15.4. The fourth-order valence-corrected chi connectivity index (χ4v) is 2.85. The molecule has 20 heavy (non-hydrogen) atoms. The first-order valence-corrected chi connectivity index (χ1v) is 7.58. The fourth-order valence-electron chi connectivity index (χ4n) is 2.85. The van der Waals surface area contributed by atoms with E-state index in [-0.39, 0.29) is 5.89 Å². The van der Waals surface area contributed by atoms with Crippen LogP contribution in [0.25, 0.3) is 0 Å². The van der Waals surface area contributed by atoms with E-state index in [1.54, 1.807) is 0 Å². The van der Waals surface area contributed by atoms with Gasteiger partial charge in [0.25, 0.3) is 5.89 Å². The molecule has 1 atom stereocenters. The van der Waals surface area contributed by atoms with E-state index >= 15 is 0 Å². The Morgan fingerprint density at radius 2 is 2.05 bits per heavy atom. The van der Waals surface area contributed by atoms with Crippen LogP contribution in [0.1, 0.15) is 69.7 Å². The van der Waals surface area contributed by atoms with E-state index in [4.69, 9.17) is 15.0 Å². The Morgan fingerprint density at radius 3 is 2.65 bits per heavy atom. The van der Waals surface area contributed by atoms with Gasteiger partial charge in [0.15, 0.2) is 0 Å². The Kier molecular flexibility index (Phi) is 5.51. The zero-order valence-corrected chi connectivity index (χ0v) is 12.2. The average Bonchev–Trinajstić information content (AvgIpc) is 2.82. The van der Waals surface area contributed by atoms with Gasteiger partial charge >= 0.3 is 0 Å². The maximum Gasteiger partial charge on any atom is 0.255 e. The van der Waals surface area contributed by atoms with Crippen molar-refractivity contribution in [2.45, 2.75) is 63.6 Å². The zero-order chi connectivity index (χ0) is 14.4. The lowest BCUT2D eigenvalue weighted by Crippen LogP contribution is -2.31. The van der Waals surface area contributed by atoms with Gasteiger partial charge in [0.1, 0.15) is 11.7 Å². The molecule has 0 spiro atoms. The Labute approximate surface area is 119 Å². The SMILES string of the molecule is CCOC1(c2noc([C@@H](O)CCN)n2)CCCCCC1. The molecule has 114 valence electrons. The summed E-state index contributed by atoms with van der Waals surface area (Å²) in [6, 6.07) is 0. The molecule has 0 aromatic carbocycles. The molecule has 0 bridgehead atoms. The minimum atomic E-state index is -0.786. The molecule has 0 unspecified atom stereocenters. The van der Waals surface area contributed by atoms with Crippen molar-refractivity contribution >= 4 is 0 Å². The van der Waals surface area contributed by atoms with Crippen molar-refractivity contribution in [1.82, 2.24) is 10.1 Å². The summed E-state index contributed by atoms with van der Waals surface area (Å²) in [4.78, 5) is 4.38. The van der Waals surface area contributed by atoms with E-state index in [0.717, 1.165) is 25.7 Å². The fraction of sp³-hybridized carbons (Fsp3) is 0.857. The smallest absolute Gasteiger partial charge is 0.255 e. The quantitative estimate of drug-likeness (QED) is 0.776. The molecule has 1 aliphatic rings. The summed E-state index contributed by atoms with van der Waals surface area (Å²) in [7, 11) is 0. The van der Waals surface area contributed by atoms with Crippen LogP contribution in [0.2, 0.25) is 0 Å². The molecular weight excluding hydrogens is 258 g/mol. The topological polar surface area (TPSA) is 94.4 Å². The lowest BCUT2D eigenvalue weighted by atomic mass is 9.93. The van der Waals surface area contributed by atoms with E-state index in [0.29, 0.717) is 25.4 Å². The molecule has 0 radical (unpaired) electrons. The van der Waals surface area contributed by atoms with E-state index < -0.39 is 11.7 Å². The third kappa shape index (κ3) is 3.37. The van der Waals surface area contributed by atoms with Gasteiger partial charge in [-0.2, -0.15) is 4.98 Å². The van der Waals surface area contributed by atoms with Gasteiger partial charge in [0.2, 0.25) is 5.82 Å². The minimum absolute atomic E-state index is 0.244. The van der Waals surface area contributed by atoms with Crippen LogP contribution in [0.5, 0.6) is 0 Å². The summed E-state index contributed by atoms with van der Waals surface area (Å²) in [6.45, 7) is 2.99. The molecule has 6 heteroatoms. The molecule has 0 aliphatic heterocycles. The van der Waals surface area contributed by atoms with Crippen molar-refractivity contribution < 1.29 is 14.4 Å². The van der Waals surface area contributed by atoms with Gasteiger partial charge in [-0.1, -0.05) is 30.8 Å². The van der Waals surface area contributed by atoms with Crippen molar-refractivity contribution in [1.29, 1.82) is 0 Å². The van der Waals surface area contributed by atoms with Crippen LogP contribution in [0.15, 0.2) is 4.52 Å². The summed E-state index contributed by atoms with van der Waals surface area (Å²) in [6.07, 6.45) is 6.10. The van der Waals surface area contributed by atoms with Crippen LogP contribution < -0.4 is 5.73 Å². The molecule has 6 nitrogen and oxygen atoms in total. The second kappa shape index (κ2) is 7.15. The minimum Gasteiger partial charge on any atom is -0.383 e. The second-order valence-corrected chi connectivity index (χ2v) is 5.39. The normalized spacial score (nSPS) is 20.6. The van der Waals surface area contributed by atoms with Gasteiger partial charge in [0.05, 0.1) is 0 Å². The molecule has 1 saturated carbocycles. The molecule has 0 amide bonds. The molecule has 1 aromatic rings. The number of hydrogen-bond donors (Lipinski definition) is 2. The summed E-state index contributed by atoms with van der Waals surface area (Å²) in [5, 5.41) is 13.9. The number of aromatic nitrogens is 2. The van der Waals surface area contributed by atoms with E-state index in [1.165, 1.54) is 12.8 Å². The van der Waals surface area contributed by atoms with Gasteiger partial charge in [0, 0.05) is 6.61 Å². The number of aliphatic hydroxyl groups excluding tert-OH is 1. The van der Waals surface area contributed by atoms with Crippen molar-refractivity contribution in [3.8, 4) is 0 Å². The van der Waals surface area contributed by atoms with Gasteiger partial charge in [-0.15, -0.1) is 0 Å². The molecule has 2 rings (SSSR count). The highest BCUT2D eigenvalue weighted by Crippen LogP contribution is 2.38. The van der Waals surface area contributed by atoms with Gasteiger partial charge in [-0.25, -0.2) is 0 Å². The number of aliphatic hydroxyl groups is 1. The second-order valence-electron chi connectivity index (χ2n) is 5.39. The monoisotopic (exact) mass is 283 g/mol. The average molecular weight is 283 g/mol. The lowest BCUT2D eigenvalue weighted by Gasteiger charge is -2.29. The lowest BCUT2D eigenvalue weighted by molar-refractivity contribution is -0.0636. The molecular formula is C14H25N3O3. The van der Waals surface area contributed by atoms with Crippen LogP contribution in [0.4, 0.5) is 0 Å². The van der Waals surface area contributed by atoms with Crippen molar-refractivity contribution in [2.75, 3.05) is 13.2 Å². The standard InChI is InChI=1S/C14H25N3O3/c1-2-19-14(8-5-3-4-6-9-14)13-16-12(20-17-13)11(18)7-10-15/h11,18H,2-10,15H2,1H3/t11-/m0/s1. The highest BCUT2D eigenvalue weighted by Gasteiger charge is 2.38. The summed E-state index contributed by atoms with van der Waals surface area (Å²) < 4.78 is 11.2. The van der Waals surface area contributed by atoms with Crippen LogP contribution >= 0.6 is 0 Å².